The quantitative estimate of drug-likeness (QED) is 0.686. The zero-order valence-electron chi connectivity index (χ0n) is 15.3. The van der Waals surface area contributed by atoms with Crippen molar-refractivity contribution in [2.24, 2.45) is 16.5 Å². The average molecular weight is 386 g/mol. The molecule has 2 aromatic rings. The van der Waals surface area contributed by atoms with Gasteiger partial charge in [-0.2, -0.15) is 13.2 Å². The molecule has 4 nitrogen and oxygen atoms in total. The van der Waals surface area contributed by atoms with Gasteiger partial charge in [0.1, 0.15) is 11.7 Å². The van der Waals surface area contributed by atoms with Gasteiger partial charge in [-0.1, -0.05) is 49.4 Å². The number of nitrogens with two attached hydrogens (primary N) is 2. The molecule has 2 aromatic carbocycles. The molecule has 28 heavy (non-hydrogen) atoms. The summed E-state index contributed by atoms with van der Waals surface area (Å²) >= 11 is 0. The van der Waals surface area contributed by atoms with Crippen LogP contribution in [0.15, 0.2) is 71.6 Å². The Kier molecular flexibility index (Phi) is 5.44. The van der Waals surface area contributed by atoms with Crippen molar-refractivity contribution in [2.75, 3.05) is 0 Å². The van der Waals surface area contributed by atoms with Crippen LogP contribution in [0, 0.1) is 0 Å². The second kappa shape index (κ2) is 7.80. The van der Waals surface area contributed by atoms with E-state index in [0.29, 0.717) is 5.84 Å². The SMILES string of the molecule is CCC1N=C(N/C(N)=C/C(=C\N)c2ccccc2C(F)(F)F)c2ccccc21. The molecule has 1 atom stereocenters. The number of alkyl halides is 3. The number of allylic oxidation sites excluding steroid dienone is 2. The Morgan fingerprint density at radius 2 is 1.82 bits per heavy atom. The van der Waals surface area contributed by atoms with Crippen LogP contribution in [0.3, 0.4) is 0 Å². The molecule has 0 fully saturated rings. The van der Waals surface area contributed by atoms with E-state index in [9.17, 15) is 13.2 Å². The minimum atomic E-state index is -4.50. The Labute approximate surface area is 161 Å². The van der Waals surface area contributed by atoms with Crippen molar-refractivity contribution >= 4 is 11.4 Å². The van der Waals surface area contributed by atoms with Gasteiger partial charge in [0.15, 0.2) is 0 Å². The molecule has 1 aliphatic rings. The van der Waals surface area contributed by atoms with Crippen LogP contribution in [0.4, 0.5) is 13.2 Å². The van der Waals surface area contributed by atoms with E-state index in [2.05, 4.69) is 10.3 Å². The van der Waals surface area contributed by atoms with Crippen molar-refractivity contribution in [3.63, 3.8) is 0 Å². The Balaban J connectivity index is 1.90. The molecule has 0 spiro atoms. The number of rotatable bonds is 4. The van der Waals surface area contributed by atoms with Gasteiger partial charge in [-0.15, -0.1) is 0 Å². The molecule has 5 N–H and O–H groups in total. The van der Waals surface area contributed by atoms with Gasteiger partial charge in [0, 0.05) is 17.3 Å². The highest BCUT2D eigenvalue weighted by molar-refractivity contribution is 6.03. The number of halogens is 3. The summed E-state index contributed by atoms with van der Waals surface area (Å²) in [5, 5.41) is 3.00. The lowest BCUT2D eigenvalue weighted by atomic mass is 9.99. The topological polar surface area (TPSA) is 76.4 Å². The molecule has 3 rings (SSSR count). The maximum absolute atomic E-state index is 13.3. The van der Waals surface area contributed by atoms with Crippen LogP contribution in [0.5, 0.6) is 0 Å². The van der Waals surface area contributed by atoms with Crippen LogP contribution in [-0.2, 0) is 6.18 Å². The number of hydrogen-bond acceptors (Lipinski definition) is 4. The zero-order valence-corrected chi connectivity index (χ0v) is 15.3. The molecule has 7 heteroatoms. The molecule has 0 bridgehead atoms. The summed E-state index contributed by atoms with van der Waals surface area (Å²) in [6.45, 7) is 2.04. The number of hydrogen-bond donors (Lipinski definition) is 3. The standard InChI is InChI=1S/C21H21F3N4/c1-2-18-15-8-3-4-9-16(15)20(27-18)28-19(26)11-13(12-25)14-7-5-6-10-17(14)21(22,23)24/h3-12,18H,2,25-26H2,1H3,(H,27,28)/b13-12+,19-11+. The molecule has 146 valence electrons. The fraction of sp³-hybridized carbons (Fsp3) is 0.190. The summed E-state index contributed by atoms with van der Waals surface area (Å²) in [5.41, 5.74) is 13.0. The fourth-order valence-electron chi connectivity index (χ4n) is 3.25. The molecule has 0 radical (unpaired) electrons. The van der Waals surface area contributed by atoms with Crippen molar-refractivity contribution in [2.45, 2.75) is 25.6 Å². The van der Waals surface area contributed by atoms with E-state index in [0.717, 1.165) is 29.8 Å². The predicted octanol–water partition coefficient (Wildman–Crippen LogP) is 4.31. The second-order valence-electron chi connectivity index (χ2n) is 6.38. The second-order valence-corrected chi connectivity index (χ2v) is 6.38. The first-order chi connectivity index (χ1) is 13.3. The number of nitrogens with zero attached hydrogens (tertiary/aromatic N) is 1. The lowest BCUT2D eigenvalue weighted by Crippen LogP contribution is -2.27. The number of benzene rings is 2. The van der Waals surface area contributed by atoms with E-state index >= 15 is 0 Å². The van der Waals surface area contributed by atoms with E-state index in [1.807, 2.05) is 31.2 Å². The molecule has 0 saturated heterocycles. The largest absolute Gasteiger partial charge is 0.417 e. The van der Waals surface area contributed by atoms with Crippen molar-refractivity contribution in [1.29, 1.82) is 0 Å². The molecule has 0 saturated carbocycles. The average Bonchev–Trinajstić information content (AvgIpc) is 3.03. The van der Waals surface area contributed by atoms with Crippen LogP contribution in [0.2, 0.25) is 0 Å². The Morgan fingerprint density at radius 1 is 1.14 bits per heavy atom. The highest BCUT2D eigenvalue weighted by Gasteiger charge is 2.33. The smallest absolute Gasteiger partial charge is 0.404 e. The van der Waals surface area contributed by atoms with E-state index < -0.39 is 11.7 Å². The van der Waals surface area contributed by atoms with Gasteiger partial charge in [-0.3, -0.25) is 4.99 Å². The number of fused-ring (bicyclic) bond motifs is 1. The van der Waals surface area contributed by atoms with Crippen molar-refractivity contribution in [3.8, 4) is 0 Å². The first kappa shape index (κ1) is 19.5. The molecular weight excluding hydrogens is 365 g/mol. The number of aliphatic imine (C=N–C) groups is 1. The van der Waals surface area contributed by atoms with E-state index in [1.54, 1.807) is 0 Å². The van der Waals surface area contributed by atoms with Crippen LogP contribution >= 0.6 is 0 Å². The lowest BCUT2D eigenvalue weighted by molar-refractivity contribution is -0.137. The van der Waals surface area contributed by atoms with Crippen LogP contribution in [0.25, 0.3) is 5.57 Å². The summed E-state index contributed by atoms with van der Waals surface area (Å²) in [5.74, 6) is 0.746. The molecule has 1 heterocycles. The minimum absolute atomic E-state index is 0.0296. The Bertz CT molecular complexity index is 958. The van der Waals surface area contributed by atoms with Gasteiger partial charge in [0.25, 0.3) is 0 Å². The lowest BCUT2D eigenvalue weighted by Gasteiger charge is -2.14. The van der Waals surface area contributed by atoms with Gasteiger partial charge in [-0.05, 0) is 29.7 Å². The summed E-state index contributed by atoms with van der Waals surface area (Å²) in [6.07, 6.45) is -1.17. The maximum atomic E-state index is 13.3. The number of nitrogens with one attached hydrogen (secondary N) is 1. The first-order valence-corrected chi connectivity index (χ1v) is 8.85. The number of amidine groups is 1. The van der Waals surface area contributed by atoms with Crippen molar-refractivity contribution in [3.05, 3.63) is 88.9 Å². The highest BCUT2D eigenvalue weighted by Crippen LogP contribution is 2.35. The Morgan fingerprint density at radius 3 is 2.50 bits per heavy atom. The van der Waals surface area contributed by atoms with Crippen LogP contribution in [0.1, 0.15) is 41.6 Å². The van der Waals surface area contributed by atoms with Gasteiger partial charge < -0.3 is 16.8 Å². The minimum Gasteiger partial charge on any atom is -0.404 e. The molecule has 0 aromatic heterocycles. The van der Waals surface area contributed by atoms with E-state index in [1.165, 1.54) is 24.3 Å². The van der Waals surface area contributed by atoms with Gasteiger partial charge in [-0.25, -0.2) is 0 Å². The third-order valence-corrected chi connectivity index (χ3v) is 4.54. The molecule has 1 unspecified atom stereocenters. The van der Waals surface area contributed by atoms with Gasteiger partial charge >= 0.3 is 6.18 Å². The summed E-state index contributed by atoms with van der Waals surface area (Å²) in [6, 6.07) is 13.0. The van der Waals surface area contributed by atoms with Crippen LogP contribution in [-0.4, -0.2) is 5.84 Å². The predicted molar refractivity (Wildman–Crippen MR) is 105 cm³/mol. The van der Waals surface area contributed by atoms with Gasteiger partial charge in [0.2, 0.25) is 0 Å². The van der Waals surface area contributed by atoms with Crippen LogP contribution < -0.4 is 16.8 Å². The molecule has 1 aliphatic heterocycles. The first-order valence-electron chi connectivity index (χ1n) is 8.85. The van der Waals surface area contributed by atoms with Gasteiger partial charge in [0.05, 0.1) is 11.6 Å². The molecular formula is C21H21F3N4. The Hall–Kier alpha value is -3.22. The zero-order chi connectivity index (χ0) is 20.3. The summed E-state index contributed by atoms with van der Waals surface area (Å²) < 4.78 is 39.9. The van der Waals surface area contributed by atoms with E-state index in [4.69, 9.17) is 11.5 Å². The maximum Gasteiger partial charge on any atom is 0.417 e. The van der Waals surface area contributed by atoms with Crippen molar-refractivity contribution < 1.29 is 13.2 Å². The summed E-state index contributed by atoms with van der Waals surface area (Å²) in [7, 11) is 0. The summed E-state index contributed by atoms with van der Waals surface area (Å²) in [4.78, 5) is 4.63. The molecule has 0 aliphatic carbocycles. The monoisotopic (exact) mass is 386 g/mol. The highest BCUT2D eigenvalue weighted by atomic mass is 19.4. The fourth-order valence-corrected chi connectivity index (χ4v) is 3.25. The third-order valence-electron chi connectivity index (χ3n) is 4.54. The van der Waals surface area contributed by atoms with E-state index in [-0.39, 0.29) is 23.0 Å². The van der Waals surface area contributed by atoms with Crippen molar-refractivity contribution in [1.82, 2.24) is 5.32 Å². The molecule has 0 amide bonds. The normalized spacial score (nSPS) is 17.3. The third kappa shape index (κ3) is 3.88.